The number of carbonyl (C=O) groups excluding carboxylic acids is 1. The number of rotatable bonds is 4. The average molecular weight is 394 g/mol. The molecule has 1 N–H and O–H groups in total. The number of ether oxygens (including phenoxy) is 2. The zero-order valence-corrected chi connectivity index (χ0v) is 16.5. The van der Waals surface area contributed by atoms with E-state index < -0.39 is 23.6 Å². The molecule has 4 rings (SSSR count). The molecule has 2 atom stereocenters. The van der Waals surface area contributed by atoms with E-state index in [2.05, 4.69) is 0 Å². The standard InChI is InChI=1S/C23H22O6/c1-13(24)28-22(23(2,3)26)16-12-27-18-10-9-15-17(25)11-19(29-21(15)20(16)18)14-7-5-4-6-8-14/h4-11,16,22,26H,12H2,1-3H3. The van der Waals surface area contributed by atoms with Crippen molar-refractivity contribution in [1.29, 1.82) is 0 Å². The molecule has 1 aromatic heterocycles. The molecule has 1 aliphatic rings. The van der Waals surface area contributed by atoms with Crippen LogP contribution in [0.15, 0.2) is 57.7 Å². The Bertz CT molecular complexity index is 1120. The van der Waals surface area contributed by atoms with Gasteiger partial charge in [-0.15, -0.1) is 0 Å². The first-order valence-electron chi connectivity index (χ1n) is 9.44. The summed E-state index contributed by atoms with van der Waals surface area (Å²) in [4.78, 5) is 24.5. The highest BCUT2D eigenvalue weighted by atomic mass is 16.6. The Balaban J connectivity index is 1.93. The molecule has 29 heavy (non-hydrogen) atoms. The number of fused-ring (bicyclic) bond motifs is 3. The Hall–Kier alpha value is -3.12. The monoisotopic (exact) mass is 394 g/mol. The van der Waals surface area contributed by atoms with E-state index in [9.17, 15) is 14.7 Å². The molecule has 0 amide bonds. The summed E-state index contributed by atoms with van der Waals surface area (Å²) in [6.45, 7) is 4.66. The maximum absolute atomic E-state index is 12.8. The first-order chi connectivity index (χ1) is 13.8. The quantitative estimate of drug-likeness (QED) is 0.680. The zero-order chi connectivity index (χ0) is 20.8. The topological polar surface area (TPSA) is 86.0 Å². The zero-order valence-electron chi connectivity index (χ0n) is 16.5. The van der Waals surface area contributed by atoms with Crippen LogP contribution in [0.4, 0.5) is 0 Å². The van der Waals surface area contributed by atoms with Crippen LogP contribution in [0.25, 0.3) is 22.3 Å². The maximum Gasteiger partial charge on any atom is 0.303 e. The highest BCUT2D eigenvalue weighted by molar-refractivity contribution is 5.85. The molecule has 1 aliphatic heterocycles. The predicted molar refractivity (Wildman–Crippen MR) is 108 cm³/mol. The molecule has 0 fully saturated rings. The van der Waals surface area contributed by atoms with E-state index in [0.29, 0.717) is 28.0 Å². The van der Waals surface area contributed by atoms with Crippen molar-refractivity contribution in [2.24, 2.45) is 0 Å². The number of hydrogen-bond donors (Lipinski definition) is 1. The van der Waals surface area contributed by atoms with Gasteiger partial charge in [-0.05, 0) is 26.0 Å². The van der Waals surface area contributed by atoms with Crippen LogP contribution in [0.1, 0.15) is 32.3 Å². The minimum atomic E-state index is -1.32. The van der Waals surface area contributed by atoms with Crippen LogP contribution >= 0.6 is 0 Å². The van der Waals surface area contributed by atoms with E-state index in [0.717, 1.165) is 5.56 Å². The fourth-order valence-corrected chi connectivity index (χ4v) is 3.84. The van der Waals surface area contributed by atoms with Gasteiger partial charge in [0.25, 0.3) is 0 Å². The van der Waals surface area contributed by atoms with Crippen LogP contribution in [0, 0.1) is 0 Å². The van der Waals surface area contributed by atoms with Gasteiger partial charge in [0, 0.05) is 24.1 Å². The van der Waals surface area contributed by atoms with Gasteiger partial charge in [0.1, 0.15) is 23.2 Å². The molecule has 0 saturated carbocycles. The summed E-state index contributed by atoms with van der Waals surface area (Å²) in [6, 6.07) is 14.2. The SMILES string of the molecule is CC(=O)OC(C1COc2ccc3c(=O)cc(-c4ccccc4)oc3c21)C(C)(C)O. The molecule has 0 bridgehead atoms. The second-order valence-corrected chi connectivity index (χ2v) is 7.80. The van der Waals surface area contributed by atoms with Crippen molar-refractivity contribution in [3.05, 3.63) is 64.3 Å². The summed E-state index contributed by atoms with van der Waals surface area (Å²) < 4.78 is 17.4. The summed E-state index contributed by atoms with van der Waals surface area (Å²) in [6.07, 6.45) is -0.863. The molecule has 0 radical (unpaired) electrons. The summed E-state index contributed by atoms with van der Waals surface area (Å²) >= 11 is 0. The number of esters is 1. The Morgan fingerprint density at radius 1 is 1.21 bits per heavy atom. The van der Waals surface area contributed by atoms with Gasteiger partial charge in [0.15, 0.2) is 5.43 Å². The van der Waals surface area contributed by atoms with Gasteiger partial charge in [-0.3, -0.25) is 9.59 Å². The third kappa shape index (κ3) is 3.51. The van der Waals surface area contributed by atoms with Crippen molar-refractivity contribution in [3.8, 4) is 17.1 Å². The van der Waals surface area contributed by atoms with Gasteiger partial charge in [0.2, 0.25) is 0 Å². The minimum Gasteiger partial charge on any atom is -0.492 e. The first kappa shape index (κ1) is 19.2. The first-order valence-corrected chi connectivity index (χ1v) is 9.44. The minimum absolute atomic E-state index is 0.175. The largest absolute Gasteiger partial charge is 0.492 e. The molecular weight excluding hydrogens is 372 g/mol. The number of hydrogen-bond acceptors (Lipinski definition) is 6. The highest BCUT2D eigenvalue weighted by Gasteiger charge is 2.43. The van der Waals surface area contributed by atoms with Gasteiger partial charge >= 0.3 is 5.97 Å². The average Bonchev–Trinajstić information content (AvgIpc) is 3.10. The van der Waals surface area contributed by atoms with Crippen molar-refractivity contribution in [2.75, 3.05) is 6.61 Å². The lowest BCUT2D eigenvalue weighted by Gasteiger charge is -2.32. The van der Waals surface area contributed by atoms with Gasteiger partial charge in [0.05, 0.1) is 23.5 Å². The Labute approximate surface area is 167 Å². The van der Waals surface area contributed by atoms with E-state index in [-0.39, 0.29) is 12.0 Å². The second kappa shape index (κ2) is 7.04. The fraction of sp³-hybridized carbons (Fsp3) is 0.304. The molecule has 6 heteroatoms. The van der Waals surface area contributed by atoms with E-state index in [4.69, 9.17) is 13.9 Å². The summed E-state index contributed by atoms with van der Waals surface area (Å²) in [5.41, 5.74) is 0.300. The van der Waals surface area contributed by atoms with Crippen LogP contribution in [-0.4, -0.2) is 29.4 Å². The van der Waals surface area contributed by atoms with E-state index in [1.165, 1.54) is 13.0 Å². The number of benzene rings is 2. The highest BCUT2D eigenvalue weighted by Crippen LogP contribution is 2.44. The normalized spacial score (nSPS) is 16.9. The lowest BCUT2D eigenvalue weighted by Crippen LogP contribution is -2.44. The molecule has 0 saturated heterocycles. The lowest BCUT2D eigenvalue weighted by molar-refractivity contribution is -0.162. The number of carbonyl (C=O) groups is 1. The van der Waals surface area contributed by atoms with Crippen LogP contribution in [0.2, 0.25) is 0 Å². The van der Waals surface area contributed by atoms with Crippen molar-refractivity contribution < 1.29 is 23.8 Å². The molecule has 3 aromatic rings. The molecule has 2 heterocycles. The predicted octanol–water partition coefficient (Wildman–Crippen LogP) is 3.64. The Morgan fingerprint density at radius 2 is 1.93 bits per heavy atom. The smallest absolute Gasteiger partial charge is 0.303 e. The van der Waals surface area contributed by atoms with Gasteiger partial charge in [-0.1, -0.05) is 30.3 Å². The van der Waals surface area contributed by atoms with Crippen LogP contribution < -0.4 is 10.2 Å². The molecule has 0 spiro atoms. The summed E-state index contributed by atoms with van der Waals surface area (Å²) in [5.74, 6) is 0.00993. The Morgan fingerprint density at radius 3 is 2.59 bits per heavy atom. The molecule has 6 nitrogen and oxygen atoms in total. The fourth-order valence-electron chi connectivity index (χ4n) is 3.84. The van der Waals surface area contributed by atoms with Crippen molar-refractivity contribution in [1.82, 2.24) is 0 Å². The molecule has 2 unspecified atom stereocenters. The molecule has 150 valence electrons. The van der Waals surface area contributed by atoms with Crippen LogP contribution in [0.3, 0.4) is 0 Å². The molecular formula is C23H22O6. The maximum atomic E-state index is 12.8. The lowest BCUT2D eigenvalue weighted by atomic mass is 9.85. The third-order valence-electron chi connectivity index (χ3n) is 5.10. The summed E-state index contributed by atoms with van der Waals surface area (Å²) in [7, 11) is 0. The second-order valence-electron chi connectivity index (χ2n) is 7.80. The van der Waals surface area contributed by atoms with Crippen LogP contribution in [-0.2, 0) is 9.53 Å². The van der Waals surface area contributed by atoms with Gasteiger partial charge < -0.3 is 19.0 Å². The van der Waals surface area contributed by atoms with E-state index in [1.54, 1.807) is 26.0 Å². The van der Waals surface area contributed by atoms with E-state index in [1.807, 2.05) is 30.3 Å². The third-order valence-corrected chi connectivity index (χ3v) is 5.10. The molecule has 0 aliphatic carbocycles. The molecule has 2 aromatic carbocycles. The Kier molecular flexibility index (Phi) is 4.67. The van der Waals surface area contributed by atoms with Crippen molar-refractivity contribution >= 4 is 16.9 Å². The van der Waals surface area contributed by atoms with E-state index >= 15 is 0 Å². The van der Waals surface area contributed by atoms with Gasteiger partial charge in [-0.25, -0.2) is 0 Å². The number of aliphatic hydroxyl groups is 1. The van der Waals surface area contributed by atoms with Crippen LogP contribution in [0.5, 0.6) is 5.75 Å². The van der Waals surface area contributed by atoms with Gasteiger partial charge in [-0.2, -0.15) is 0 Å². The van der Waals surface area contributed by atoms with Crippen molar-refractivity contribution in [2.45, 2.75) is 38.4 Å². The van der Waals surface area contributed by atoms with Crippen molar-refractivity contribution in [3.63, 3.8) is 0 Å². The summed E-state index contributed by atoms with van der Waals surface area (Å²) in [5, 5.41) is 11.1.